The molecule has 0 aromatic heterocycles. The predicted octanol–water partition coefficient (Wildman–Crippen LogP) is 2.57. The molecule has 2 aromatic carbocycles. The Labute approximate surface area is 123 Å². The van der Waals surface area contributed by atoms with Crippen molar-refractivity contribution in [1.29, 1.82) is 0 Å². The maximum absolute atomic E-state index is 11.6. The van der Waals surface area contributed by atoms with Crippen molar-refractivity contribution in [2.24, 2.45) is 0 Å². The monoisotopic (exact) mass is 283 g/mol. The lowest BCUT2D eigenvalue weighted by molar-refractivity contribution is -0.128. The van der Waals surface area contributed by atoms with Crippen molar-refractivity contribution in [3.63, 3.8) is 0 Å². The number of amides is 1. The van der Waals surface area contributed by atoms with Gasteiger partial charge in [-0.15, -0.1) is 0 Å². The van der Waals surface area contributed by atoms with E-state index in [-0.39, 0.29) is 12.3 Å². The molecule has 1 heterocycles. The van der Waals surface area contributed by atoms with Crippen molar-refractivity contribution >= 4 is 5.91 Å². The minimum absolute atomic E-state index is 0.00659. The highest BCUT2D eigenvalue weighted by Gasteiger charge is 2.27. The minimum Gasteiger partial charge on any atom is -0.457 e. The van der Waals surface area contributed by atoms with E-state index in [9.17, 15) is 9.90 Å². The molecule has 0 bridgehead atoms. The zero-order valence-corrected chi connectivity index (χ0v) is 11.6. The molecule has 108 valence electrons. The Bertz CT molecular complexity index is 610. The van der Waals surface area contributed by atoms with Gasteiger partial charge in [0.25, 0.3) is 0 Å². The Balaban J connectivity index is 1.63. The van der Waals surface area contributed by atoms with Crippen LogP contribution in [0.4, 0.5) is 0 Å². The van der Waals surface area contributed by atoms with Gasteiger partial charge in [0, 0.05) is 13.1 Å². The maximum atomic E-state index is 11.6. The Morgan fingerprint density at radius 2 is 1.71 bits per heavy atom. The van der Waals surface area contributed by atoms with E-state index in [4.69, 9.17) is 4.74 Å². The van der Waals surface area contributed by atoms with Crippen LogP contribution in [-0.4, -0.2) is 28.6 Å². The summed E-state index contributed by atoms with van der Waals surface area (Å²) in [6.45, 7) is 0.947. The van der Waals surface area contributed by atoms with E-state index in [0.717, 1.165) is 17.1 Å². The molecular formula is C17H17NO3. The van der Waals surface area contributed by atoms with Crippen molar-refractivity contribution in [1.82, 2.24) is 4.90 Å². The van der Waals surface area contributed by atoms with Crippen LogP contribution in [0.15, 0.2) is 54.6 Å². The Kier molecular flexibility index (Phi) is 3.88. The first-order valence-electron chi connectivity index (χ1n) is 6.98. The number of aliphatic hydroxyl groups is 1. The van der Waals surface area contributed by atoms with Crippen LogP contribution in [0, 0.1) is 0 Å². The van der Waals surface area contributed by atoms with E-state index in [2.05, 4.69) is 0 Å². The number of ether oxygens (including phenoxy) is 1. The molecule has 4 heteroatoms. The zero-order valence-electron chi connectivity index (χ0n) is 11.6. The van der Waals surface area contributed by atoms with Gasteiger partial charge in [-0.05, 0) is 29.8 Å². The van der Waals surface area contributed by atoms with Gasteiger partial charge in [0.2, 0.25) is 5.91 Å². The van der Waals surface area contributed by atoms with Gasteiger partial charge in [-0.2, -0.15) is 0 Å². The topological polar surface area (TPSA) is 49.8 Å². The fourth-order valence-electron chi connectivity index (χ4n) is 2.41. The SMILES string of the molecule is O=C1C[C@@H](O)CN1Cc1ccc(Oc2ccccc2)cc1. The van der Waals surface area contributed by atoms with Crippen molar-refractivity contribution < 1.29 is 14.6 Å². The number of hydrogen-bond acceptors (Lipinski definition) is 3. The van der Waals surface area contributed by atoms with Crippen LogP contribution >= 0.6 is 0 Å². The summed E-state index contributed by atoms with van der Waals surface area (Å²) < 4.78 is 5.72. The Hall–Kier alpha value is -2.33. The van der Waals surface area contributed by atoms with E-state index in [1.54, 1.807) is 4.90 Å². The van der Waals surface area contributed by atoms with Crippen LogP contribution in [0.25, 0.3) is 0 Å². The predicted molar refractivity (Wildman–Crippen MR) is 79.0 cm³/mol. The van der Waals surface area contributed by atoms with Gasteiger partial charge in [0.1, 0.15) is 11.5 Å². The second kappa shape index (κ2) is 5.97. The standard InChI is InChI=1S/C17H17NO3/c19-14-10-17(20)18(12-14)11-13-6-8-16(9-7-13)21-15-4-2-1-3-5-15/h1-9,14,19H,10-12H2/t14-/m1/s1. The van der Waals surface area contributed by atoms with Gasteiger partial charge < -0.3 is 14.7 Å². The average Bonchev–Trinajstić information content (AvgIpc) is 2.80. The van der Waals surface area contributed by atoms with Crippen LogP contribution in [0.2, 0.25) is 0 Å². The fourth-order valence-corrected chi connectivity index (χ4v) is 2.41. The summed E-state index contributed by atoms with van der Waals surface area (Å²) in [5, 5.41) is 9.47. The molecule has 1 atom stereocenters. The molecule has 21 heavy (non-hydrogen) atoms. The smallest absolute Gasteiger partial charge is 0.225 e. The zero-order chi connectivity index (χ0) is 14.7. The van der Waals surface area contributed by atoms with Gasteiger partial charge >= 0.3 is 0 Å². The molecule has 0 spiro atoms. The molecule has 3 rings (SSSR count). The summed E-state index contributed by atoms with van der Waals surface area (Å²) in [6, 6.07) is 17.3. The fraction of sp³-hybridized carbons (Fsp3) is 0.235. The number of benzene rings is 2. The van der Waals surface area contributed by atoms with E-state index in [1.165, 1.54) is 0 Å². The van der Waals surface area contributed by atoms with Crippen LogP contribution < -0.4 is 4.74 Å². The molecule has 1 aliphatic heterocycles. The molecule has 0 saturated carbocycles. The highest BCUT2D eigenvalue weighted by atomic mass is 16.5. The van der Waals surface area contributed by atoms with E-state index < -0.39 is 6.10 Å². The number of carbonyl (C=O) groups is 1. The number of hydrogen-bond donors (Lipinski definition) is 1. The van der Waals surface area contributed by atoms with Gasteiger partial charge in [0.15, 0.2) is 0 Å². The third-order valence-corrected chi connectivity index (χ3v) is 3.47. The number of para-hydroxylation sites is 1. The normalized spacial score (nSPS) is 18.0. The van der Waals surface area contributed by atoms with Gasteiger partial charge in [0.05, 0.1) is 12.5 Å². The largest absolute Gasteiger partial charge is 0.457 e. The Morgan fingerprint density at radius 1 is 1.05 bits per heavy atom. The summed E-state index contributed by atoms with van der Waals surface area (Å²) in [5.74, 6) is 1.56. The second-order valence-corrected chi connectivity index (χ2v) is 5.19. The summed E-state index contributed by atoms with van der Waals surface area (Å²) >= 11 is 0. The van der Waals surface area contributed by atoms with Crippen LogP contribution in [0.5, 0.6) is 11.5 Å². The van der Waals surface area contributed by atoms with E-state index in [0.29, 0.717) is 13.1 Å². The third-order valence-electron chi connectivity index (χ3n) is 3.47. The lowest BCUT2D eigenvalue weighted by Gasteiger charge is -2.16. The number of β-amino-alcohol motifs (C(OH)–C–C–N with tert-alkyl or cyclic N) is 1. The molecule has 0 unspecified atom stereocenters. The highest BCUT2D eigenvalue weighted by Crippen LogP contribution is 2.22. The first kappa shape index (κ1) is 13.6. The number of likely N-dealkylation sites (tertiary alicyclic amines) is 1. The lowest BCUT2D eigenvalue weighted by atomic mass is 10.2. The number of nitrogens with zero attached hydrogens (tertiary/aromatic N) is 1. The van der Waals surface area contributed by atoms with Gasteiger partial charge in [-0.1, -0.05) is 30.3 Å². The van der Waals surface area contributed by atoms with Crippen molar-refractivity contribution in [2.75, 3.05) is 6.54 Å². The molecule has 1 saturated heterocycles. The molecular weight excluding hydrogens is 266 g/mol. The molecule has 1 N–H and O–H groups in total. The highest BCUT2D eigenvalue weighted by molar-refractivity contribution is 5.79. The van der Waals surface area contributed by atoms with Crippen LogP contribution in [0.3, 0.4) is 0 Å². The van der Waals surface area contributed by atoms with E-state index >= 15 is 0 Å². The molecule has 2 aromatic rings. The van der Waals surface area contributed by atoms with E-state index in [1.807, 2.05) is 54.6 Å². The van der Waals surface area contributed by atoms with Crippen molar-refractivity contribution in [3.8, 4) is 11.5 Å². The summed E-state index contributed by atoms with van der Waals surface area (Å²) in [7, 11) is 0. The van der Waals surface area contributed by atoms with Crippen molar-refractivity contribution in [3.05, 3.63) is 60.2 Å². The van der Waals surface area contributed by atoms with Gasteiger partial charge in [-0.25, -0.2) is 0 Å². The minimum atomic E-state index is -0.529. The number of rotatable bonds is 4. The molecule has 0 aliphatic carbocycles. The first-order valence-corrected chi connectivity index (χ1v) is 6.98. The molecule has 4 nitrogen and oxygen atoms in total. The number of carbonyl (C=O) groups excluding carboxylic acids is 1. The number of aliphatic hydroxyl groups excluding tert-OH is 1. The third kappa shape index (κ3) is 3.41. The van der Waals surface area contributed by atoms with Crippen molar-refractivity contribution in [2.45, 2.75) is 19.1 Å². The summed E-state index contributed by atoms with van der Waals surface area (Å²) in [6.07, 6.45) is -0.298. The molecule has 1 fully saturated rings. The first-order chi connectivity index (χ1) is 10.2. The second-order valence-electron chi connectivity index (χ2n) is 5.19. The lowest BCUT2D eigenvalue weighted by Crippen LogP contribution is -2.25. The Morgan fingerprint density at radius 3 is 2.33 bits per heavy atom. The molecule has 1 amide bonds. The quantitative estimate of drug-likeness (QED) is 0.938. The average molecular weight is 283 g/mol. The van der Waals surface area contributed by atoms with Gasteiger partial charge in [-0.3, -0.25) is 4.79 Å². The summed E-state index contributed by atoms with van der Waals surface area (Å²) in [5.41, 5.74) is 1.03. The van der Waals surface area contributed by atoms with Crippen LogP contribution in [-0.2, 0) is 11.3 Å². The molecule has 1 aliphatic rings. The van der Waals surface area contributed by atoms with Crippen LogP contribution in [0.1, 0.15) is 12.0 Å². The molecule has 0 radical (unpaired) electrons. The maximum Gasteiger partial charge on any atom is 0.225 e. The summed E-state index contributed by atoms with van der Waals surface area (Å²) in [4.78, 5) is 13.3.